The molecule has 0 spiro atoms. The summed E-state index contributed by atoms with van der Waals surface area (Å²) < 4.78 is 26.3. The topological polar surface area (TPSA) is 95.2 Å². The van der Waals surface area contributed by atoms with E-state index in [1.165, 1.54) is 36.1 Å². The molecule has 1 aromatic rings. The van der Waals surface area contributed by atoms with E-state index in [2.05, 4.69) is 22.2 Å². The van der Waals surface area contributed by atoms with Crippen LogP contribution in [0, 0.1) is 11.8 Å². The van der Waals surface area contributed by atoms with Crippen molar-refractivity contribution >= 4 is 15.9 Å². The lowest BCUT2D eigenvalue weighted by molar-refractivity contribution is -0.127. The lowest BCUT2D eigenvalue weighted by atomic mass is 9.85. The van der Waals surface area contributed by atoms with Crippen molar-refractivity contribution in [3.63, 3.8) is 0 Å². The average molecular weight is 354 g/mol. The van der Waals surface area contributed by atoms with Gasteiger partial charge in [-0.15, -0.1) is 0 Å². The molecule has 24 heavy (non-hydrogen) atoms. The summed E-state index contributed by atoms with van der Waals surface area (Å²) in [6.07, 6.45) is 8.47. The highest BCUT2D eigenvalue weighted by Gasteiger charge is 2.34. The molecular formula is C16H26N4O3S. The Morgan fingerprint density at radius 3 is 2.58 bits per heavy atom. The van der Waals surface area contributed by atoms with Crippen LogP contribution in [0.4, 0.5) is 0 Å². The Kier molecular flexibility index (Phi) is 5.24. The molecule has 2 aliphatic rings. The number of amides is 1. The van der Waals surface area contributed by atoms with Gasteiger partial charge in [0, 0.05) is 25.0 Å². The van der Waals surface area contributed by atoms with E-state index in [0.29, 0.717) is 31.8 Å². The number of sulfonamides is 1. The predicted molar refractivity (Wildman–Crippen MR) is 89.6 cm³/mol. The molecule has 1 aliphatic carbocycles. The second-order valence-electron chi connectivity index (χ2n) is 6.97. The zero-order valence-corrected chi connectivity index (χ0v) is 14.9. The highest BCUT2D eigenvalue weighted by Crippen LogP contribution is 2.26. The van der Waals surface area contributed by atoms with Crippen molar-refractivity contribution in [2.45, 2.75) is 56.5 Å². The van der Waals surface area contributed by atoms with E-state index in [1.54, 1.807) is 0 Å². The largest absolute Gasteiger partial charge is 0.353 e. The molecule has 0 bridgehead atoms. The summed E-state index contributed by atoms with van der Waals surface area (Å²) in [5, 5.41) is 3.31. The van der Waals surface area contributed by atoms with Crippen molar-refractivity contribution < 1.29 is 13.2 Å². The van der Waals surface area contributed by atoms with Crippen LogP contribution in [0.3, 0.4) is 0 Å². The SMILES string of the molecule is C[C@H]1CCCC[C@H]1NC(=O)C1CCN(S(=O)(=O)c2cnc[nH]2)CC1. The van der Waals surface area contributed by atoms with Gasteiger partial charge in [-0.1, -0.05) is 19.8 Å². The van der Waals surface area contributed by atoms with Crippen LogP contribution in [0.15, 0.2) is 17.6 Å². The molecule has 3 rings (SSSR count). The van der Waals surface area contributed by atoms with Gasteiger partial charge in [0.1, 0.15) is 0 Å². The third-order valence-electron chi connectivity index (χ3n) is 5.35. The monoisotopic (exact) mass is 354 g/mol. The minimum absolute atomic E-state index is 0.0901. The van der Waals surface area contributed by atoms with E-state index in [0.717, 1.165) is 6.42 Å². The summed E-state index contributed by atoms with van der Waals surface area (Å²) >= 11 is 0. The average Bonchev–Trinajstić information content (AvgIpc) is 3.12. The summed E-state index contributed by atoms with van der Waals surface area (Å²) in [6, 6.07) is 0.276. The van der Waals surface area contributed by atoms with Crippen LogP contribution in [-0.4, -0.2) is 47.7 Å². The molecule has 8 heteroatoms. The lowest BCUT2D eigenvalue weighted by Gasteiger charge is -2.33. The molecule has 1 amide bonds. The molecular weight excluding hydrogens is 328 g/mol. The molecule has 1 saturated carbocycles. The second kappa shape index (κ2) is 7.23. The van der Waals surface area contributed by atoms with Gasteiger partial charge in [-0.2, -0.15) is 4.31 Å². The number of aromatic nitrogens is 2. The Morgan fingerprint density at radius 1 is 1.25 bits per heavy atom. The molecule has 1 saturated heterocycles. The molecule has 1 aromatic heterocycles. The Balaban J connectivity index is 1.54. The highest BCUT2D eigenvalue weighted by atomic mass is 32.2. The minimum atomic E-state index is -3.52. The molecule has 2 N–H and O–H groups in total. The van der Waals surface area contributed by atoms with Crippen LogP contribution in [-0.2, 0) is 14.8 Å². The van der Waals surface area contributed by atoms with Crippen molar-refractivity contribution in [2.75, 3.05) is 13.1 Å². The number of piperidine rings is 1. The van der Waals surface area contributed by atoms with Gasteiger partial charge in [0.2, 0.25) is 5.91 Å². The number of carbonyl (C=O) groups is 1. The third kappa shape index (κ3) is 3.64. The highest BCUT2D eigenvalue weighted by molar-refractivity contribution is 7.89. The summed E-state index contributed by atoms with van der Waals surface area (Å²) in [5.74, 6) is 0.531. The smallest absolute Gasteiger partial charge is 0.260 e. The van der Waals surface area contributed by atoms with Crippen LogP contribution in [0.2, 0.25) is 0 Å². The number of imidazole rings is 1. The fraction of sp³-hybridized carbons (Fsp3) is 0.750. The normalized spacial score (nSPS) is 27.0. The fourth-order valence-corrected chi connectivity index (χ4v) is 5.08. The number of nitrogens with zero attached hydrogens (tertiary/aromatic N) is 2. The Morgan fingerprint density at radius 2 is 1.96 bits per heavy atom. The van der Waals surface area contributed by atoms with E-state index in [4.69, 9.17) is 0 Å². The van der Waals surface area contributed by atoms with Gasteiger partial charge >= 0.3 is 0 Å². The summed E-state index contributed by atoms with van der Waals surface area (Å²) in [6.45, 7) is 2.95. The Labute approximate surface area is 143 Å². The van der Waals surface area contributed by atoms with Crippen molar-refractivity contribution in [1.29, 1.82) is 0 Å². The first-order chi connectivity index (χ1) is 11.5. The van der Waals surface area contributed by atoms with Crippen molar-refractivity contribution in [3.8, 4) is 0 Å². The maximum absolute atomic E-state index is 12.5. The van der Waals surface area contributed by atoms with Crippen LogP contribution >= 0.6 is 0 Å². The quantitative estimate of drug-likeness (QED) is 0.857. The van der Waals surface area contributed by atoms with E-state index >= 15 is 0 Å². The van der Waals surface area contributed by atoms with Crippen molar-refractivity contribution in [2.24, 2.45) is 11.8 Å². The minimum Gasteiger partial charge on any atom is -0.353 e. The first kappa shape index (κ1) is 17.4. The number of hydrogen-bond acceptors (Lipinski definition) is 4. The molecule has 0 unspecified atom stereocenters. The van der Waals surface area contributed by atoms with E-state index in [-0.39, 0.29) is 22.9 Å². The first-order valence-electron chi connectivity index (χ1n) is 8.77. The van der Waals surface area contributed by atoms with E-state index in [9.17, 15) is 13.2 Å². The van der Waals surface area contributed by atoms with Crippen LogP contribution in [0.5, 0.6) is 0 Å². The molecule has 0 aromatic carbocycles. The van der Waals surface area contributed by atoms with Gasteiger partial charge in [0.15, 0.2) is 5.03 Å². The molecule has 7 nitrogen and oxygen atoms in total. The van der Waals surface area contributed by atoms with Crippen molar-refractivity contribution in [3.05, 3.63) is 12.5 Å². The molecule has 2 fully saturated rings. The van der Waals surface area contributed by atoms with Gasteiger partial charge in [-0.3, -0.25) is 4.79 Å². The summed E-state index contributed by atoms with van der Waals surface area (Å²) in [5.41, 5.74) is 0. The van der Waals surface area contributed by atoms with Gasteiger partial charge in [0.05, 0.1) is 12.5 Å². The summed E-state index contributed by atoms with van der Waals surface area (Å²) in [7, 11) is -3.52. The fourth-order valence-electron chi connectivity index (χ4n) is 3.71. The standard InChI is InChI=1S/C16H26N4O3S/c1-12-4-2-3-5-14(12)19-16(21)13-6-8-20(9-7-13)24(22,23)15-10-17-11-18-15/h10-14H,2-9H2,1H3,(H,17,18)(H,19,21)/t12-,14+/m0/s1. The predicted octanol–water partition coefficient (Wildman–Crippen LogP) is 1.51. The number of H-pyrrole nitrogens is 1. The number of hydrogen-bond donors (Lipinski definition) is 2. The maximum atomic E-state index is 12.5. The number of carbonyl (C=O) groups excluding carboxylic acids is 1. The second-order valence-corrected chi connectivity index (χ2v) is 8.88. The van der Waals surface area contributed by atoms with Crippen LogP contribution in [0.25, 0.3) is 0 Å². The number of aromatic amines is 1. The van der Waals surface area contributed by atoms with Crippen LogP contribution < -0.4 is 5.32 Å². The van der Waals surface area contributed by atoms with Gasteiger partial charge in [0.25, 0.3) is 10.0 Å². The molecule has 1 aliphatic heterocycles. The molecule has 134 valence electrons. The van der Waals surface area contributed by atoms with Gasteiger partial charge in [-0.05, 0) is 31.6 Å². The van der Waals surface area contributed by atoms with Crippen molar-refractivity contribution in [1.82, 2.24) is 19.6 Å². The zero-order valence-electron chi connectivity index (χ0n) is 14.1. The zero-order chi connectivity index (χ0) is 17.2. The Hall–Kier alpha value is -1.41. The van der Waals surface area contributed by atoms with Gasteiger partial charge in [-0.25, -0.2) is 13.4 Å². The summed E-state index contributed by atoms with van der Waals surface area (Å²) in [4.78, 5) is 18.9. The van der Waals surface area contributed by atoms with E-state index in [1.807, 2.05) is 0 Å². The third-order valence-corrected chi connectivity index (χ3v) is 7.18. The van der Waals surface area contributed by atoms with Gasteiger partial charge < -0.3 is 10.3 Å². The maximum Gasteiger partial charge on any atom is 0.260 e. The molecule has 2 heterocycles. The molecule has 2 atom stereocenters. The molecule has 0 radical (unpaired) electrons. The first-order valence-corrected chi connectivity index (χ1v) is 10.2. The van der Waals surface area contributed by atoms with E-state index < -0.39 is 10.0 Å². The number of nitrogens with one attached hydrogen (secondary N) is 2. The number of rotatable bonds is 4. The Bertz CT molecular complexity index is 651. The van der Waals surface area contributed by atoms with Crippen LogP contribution in [0.1, 0.15) is 45.4 Å². The lowest BCUT2D eigenvalue weighted by Crippen LogP contribution is -2.47.